The number of amides is 1. The van der Waals surface area contributed by atoms with E-state index < -0.39 is 9.84 Å². The second-order valence-corrected chi connectivity index (χ2v) is 6.29. The normalized spacial score (nSPS) is 35.0. The molecular formula is C9H16N2O3S. The molecular weight excluding hydrogens is 216 g/mol. The van der Waals surface area contributed by atoms with Gasteiger partial charge in [0.15, 0.2) is 9.84 Å². The summed E-state index contributed by atoms with van der Waals surface area (Å²) >= 11 is 0. The molecule has 0 aromatic rings. The molecule has 1 N–H and O–H groups in total. The summed E-state index contributed by atoms with van der Waals surface area (Å²) in [5.41, 5.74) is 0. The van der Waals surface area contributed by atoms with E-state index in [2.05, 4.69) is 5.32 Å². The number of hydrogen-bond donors (Lipinski definition) is 1. The third-order valence-corrected chi connectivity index (χ3v) is 4.85. The lowest BCUT2D eigenvalue weighted by atomic mass is 10.1. The van der Waals surface area contributed by atoms with Crippen LogP contribution in [-0.2, 0) is 14.6 Å². The second-order valence-electron chi connectivity index (χ2n) is 4.13. The largest absolute Gasteiger partial charge is 0.337 e. The molecule has 2 aliphatic rings. The Morgan fingerprint density at radius 1 is 1.47 bits per heavy atom. The van der Waals surface area contributed by atoms with E-state index in [0.29, 0.717) is 19.5 Å². The van der Waals surface area contributed by atoms with Gasteiger partial charge < -0.3 is 10.2 Å². The van der Waals surface area contributed by atoms with Crippen LogP contribution < -0.4 is 5.32 Å². The highest BCUT2D eigenvalue weighted by Crippen LogP contribution is 2.21. The minimum Gasteiger partial charge on any atom is -0.337 e. The number of hydrogen-bond acceptors (Lipinski definition) is 4. The third-order valence-electron chi connectivity index (χ3n) is 3.13. The van der Waals surface area contributed by atoms with Crippen LogP contribution in [0.4, 0.5) is 0 Å². The van der Waals surface area contributed by atoms with Crippen LogP contribution in [0.15, 0.2) is 0 Å². The van der Waals surface area contributed by atoms with E-state index >= 15 is 0 Å². The van der Waals surface area contributed by atoms with Crippen LogP contribution in [0.2, 0.25) is 0 Å². The lowest BCUT2D eigenvalue weighted by Gasteiger charge is -2.28. The first-order chi connectivity index (χ1) is 7.03. The predicted molar refractivity (Wildman–Crippen MR) is 56.2 cm³/mol. The van der Waals surface area contributed by atoms with Gasteiger partial charge in [0.1, 0.15) is 0 Å². The predicted octanol–water partition coefficient (Wildman–Crippen LogP) is -1.01. The molecule has 0 aliphatic carbocycles. The lowest BCUT2D eigenvalue weighted by molar-refractivity contribution is -0.132. The van der Waals surface area contributed by atoms with Crippen LogP contribution in [-0.4, -0.2) is 55.9 Å². The van der Waals surface area contributed by atoms with Gasteiger partial charge in [-0.1, -0.05) is 0 Å². The maximum absolute atomic E-state index is 11.7. The summed E-state index contributed by atoms with van der Waals surface area (Å²) in [7, 11) is -2.97. The molecule has 0 aromatic heterocycles. The van der Waals surface area contributed by atoms with E-state index in [-0.39, 0.29) is 29.5 Å². The number of nitrogens with one attached hydrogen (secondary N) is 1. The summed E-state index contributed by atoms with van der Waals surface area (Å²) in [6, 6.07) is -0.226. The van der Waals surface area contributed by atoms with E-state index in [1.54, 1.807) is 4.90 Å². The number of nitrogens with zero attached hydrogens (tertiary/aromatic N) is 1. The Bertz CT molecular complexity index is 366. The first kappa shape index (κ1) is 10.9. The standard InChI is InChI=1S/C9H16N2O3S/c1-2-11-8-6-15(13,14)5-7(8)10-4-3-9(11)12/h7-8,10H,2-6H2,1H3. The van der Waals surface area contributed by atoms with E-state index in [9.17, 15) is 13.2 Å². The molecule has 2 saturated heterocycles. The van der Waals surface area contributed by atoms with E-state index in [0.717, 1.165) is 0 Å². The molecule has 0 saturated carbocycles. The third kappa shape index (κ3) is 2.01. The van der Waals surface area contributed by atoms with Gasteiger partial charge >= 0.3 is 0 Å². The molecule has 6 heteroatoms. The van der Waals surface area contributed by atoms with Gasteiger partial charge in [-0.05, 0) is 6.92 Å². The maximum Gasteiger partial charge on any atom is 0.224 e. The van der Waals surface area contributed by atoms with Crippen molar-refractivity contribution in [3.8, 4) is 0 Å². The summed E-state index contributed by atoms with van der Waals surface area (Å²) < 4.78 is 23.0. The monoisotopic (exact) mass is 232 g/mol. The highest BCUT2D eigenvalue weighted by atomic mass is 32.2. The average molecular weight is 232 g/mol. The first-order valence-electron chi connectivity index (χ1n) is 5.27. The van der Waals surface area contributed by atoms with Crippen molar-refractivity contribution < 1.29 is 13.2 Å². The molecule has 0 bridgehead atoms. The number of carbonyl (C=O) groups excluding carboxylic acids is 1. The molecule has 2 unspecified atom stereocenters. The molecule has 15 heavy (non-hydrogen) atoms. The van der Waals surface area contributed by atoms with Gasteiger partial charge in [0.2, 0.25) is 5.91 Å². The first-order valence-corrected chi connectivity index (χ1v) is 7.09. The Morgan fingerprint density at radius 3 is 2.87 bits per heavy atom. The van der Waals surface area contributed by atoms with Crippen LogP contribution in [0.3, 0.4) is 0 Å². The Hall–Kier alpha value is -0.620. The van der Waals surface area contributed by atoms with Gasteiger partial charge in [-0.15, -0.1) is 0 Å². The highest BCUT2D eigenvalue weighted by molar-refractivity contribution is 7.91. The van der Waals surface area contributed by atoms with Crippen molar-refractivity contribution >= 4 is 15.7 Å². The average Bonchev–Trinajstić information content (AvgIpc) is 2.35. The summed E-state index contributed by atoms with van der Waals surface area (Å²) in [5.74, 6) is 0.348. The van der Waals surface area contributed by atoms with Gasteiger partial charge in [0, 0.05) is 25.6 Å². The molecule has 86 valence electrons. The number of carbonyl (C=O) groups is 1. The molecule has 2 atom stereocenters. The van der Waals surface area contributed by atoms with Crippen molar-refractivity contribution in [2.24, 2.45) is 0 Å². The fourth-order valence-electron chi connectivity index (χ4n) is 2.44. The smallest absolute Gasteiger partial charge is 0.224 e. The topological polar surface area (TPSA) is 66.5 Å². The van der Waals surface area contributed by atoms with Gasteiger partial charge in [-0.2, -0.15) is 0 Å². The molecule has 2 rings (SSSR count). The molecule has 0 radical (unpaired) electrons. The van der Waals surface area contributed by atoms with Crippen molar-refractivity contribution in [2.45, 2.75) is 25.4 Å². The second kappa shape index (κ2) is 3.75. The van der Waals surface area contributed by atoms with E-state index in [4.69, 9.17) is 0 Å². The molecule has 2 heterocycles. The zero-order valence-electron chi connectivity index (χ0n) is 8.77. The molecule has 0 aromatic carbocycles. The number of rotatable bonds is 1. The fourth-order valence-corrected chi connectivity index (χ4v) is 4.39. The van der Waals surface area contributed by atoms with E-state index in [1.165, 1.54) is 0 Å². The van der Waals surface area contributed by atoms with Crippen LogP contribution in [0.25, 0.3) is 0 Å². The minimum absolute atomic E-state index is 0.0644. The van der Waals surface area contributed by atoms with Crippen molar-refractivity contribution in [1.29, 1.82) is 0 Å². The van der Waals surface area contributed by atoms with Gasteiger partial charge in [-0.3, -0.25) is 4.79 Å². The van der Waals surface area contributed by atoms with Crippen molar-refractivity contribution in [2.75, 3.05) is 24.6 Å². The van der Waals surface area contributed by atoms with E-state index in [1.807, 2.05) is 6.92 Å². The Labute approximate surface area is 89.7 Å². The zero-order valence-corrected chi connectivity index (χ0v) is 9.59. The maximum atomic E-state index is 11.7. The number of likely N-dealkylation sites (N-methyl/N-ethyl adjacent to an activating group) is 1. The summed E-state index contributed by atoms with van der Waals surface area (Å²) in [6.45, 7) is 3.08. The lowest BCUT2D eigenvalue weighted by Crippen LogP contribution is -2.48. The van der Waals surface area contributed by atoms with Gasteiger partial charge in [0.05, 0.1) is 17.5 Å². The number of fused-ring (bicyclic) bond motifs is 1. The van der Waals surface area contributed by atoms with Crippen LogP contribution in [0.1, 0.15) is 13.3 Å². The van der Waals surface area contributed by atoms with Crippen molar-refractivity contribution in [3.05, 3.63) is 0 Å². The summed E-state index contributed by atoms with van der Waals surface area (Å²) in [5, 5.41) is 3.15. The fraction of sp³-hybridized carbons (Fsp3) is 0.889. The molecule has 2 aliphatic heterocycles. The number of sulfone groups is 1. The van der Waals surface area contributed by atoms with Crippen molar-refractivity contribution in [3.63, 3.8) is 0 Å². The van der Waals surface area contributed by atoms with Crippen LogP contribution in [0, 0.1) is 0 Å². The highest BCUT2D eigenvalue weighted by Gasteiger charge is 2.43. The quantitative estimate of drug-likeness (QED) is 0.629. The summed E-state index contributed by atoms with van der Waals surface area (Å²) in [4.78, 5) is 13.4. The summed E-state index contributed by atoms with van der Waals surface area (Å²) in [6.07, 6.45) is 0.473. The molecule has 5 nitrogen and oxygen atoms in total. The molecule has 0 spiro atoms. The zero-order chi connectivity index (χ0) is 11.1. The SMILES string of the molecule is CCN1C(=O)CCNC2CS(=O)(=O)CC21. The van der Waals surface area contributed by atoms with Crippen LogP contribution in [0.5, 0.6) is 0 Å². The minimum atomic E-state index is -2.97. The van der Waals surface area contributed by atoms with Crippen molar-refractivity contribution in [1.82, 2.24) is 10.2 Å². The Balaban J connectivity index is 2.26. The Kier molecular flexibility index (Phi) is 2.72. The van der Waals surface area contributed by atoms with Crippen LogP contribution >= 0.6 is 0 Å². The molecule has 2 fully saturated rings. The molecule has 1 amide bonds. The Morgan fingerprint density at radius 2 is 2.20 bits per heavy atom. The van der Waals surface area contributed by atoms with Gasteiger partial charge in [0.25, 0.3) is 0 Å². The van der Waals surface area contributed by atoms with Gasteiger partial charge in [-0.25, -0.2) is 8.42 Å².